The summed E-state index contributed by atoms with van der Waals surface area (Å²) in [6, 6.07) is 19.1. The van der Waals surface area contributed by atoms with Crippen LogP contribution in [0.25, 0.3) is 0 Å². The Hall–Kier alpha value is -3.71. The lowest BCUT2D eigenvalue weighted by molar-refractivity contribution is -0.120. The zero-order chi connectivity index (χ0) is 25.9. The highest BCUT2D eigenvalue weighted by atomic mass is 32.2. The van der Waals surface area contributed by atoms with Gasteiger partial charge < -0.3 is 10.6 Å². The number of rotatable bonds is 6. The fourth-order valence-corrected chi connectivity index (χ4v) is 5.83. The van der Waals surface area contributed by atoms with Crippen LogP contribution < -0.4 is 10.6 Å². The maximum atomic E-state index is 13.2. The Morgan fingerprint density at radius 2 is 1.43 bits per heavy atom. The molecule has 0 heterocycles. The van der Waals surface area contributed by atoms with Gasteiger partial charge in [0.2, 0.25) is 11.8 Å². The van der Waals surface area contributed by atoms with Crippen molar-refractivity contribution in [2.75, 3.05) is 10.6 Å². The minimum absolute atomic E-state index is 0.0784. The summed E-state index contributed by atoms with van der Waals surface area (Å²) in [5, 5.41) is 5.40. The monoisotopic (exact) mass is 512 g/mol. The van der Waals surface area contributed by atoms with E-state index in [0.717, 1.165) is 36.3 Å². The average molecular weight is 513 g/mol. The number of nitrogens with one attached hydrogen (secondary N) is 2. The zero-order valence-electron chi connectivity index (χ0n) is 20.6. The van der Waals surface area contributed by atoms with Crippen molar-refractivity contribution >= 4 is 46.5 Å². The molecule has 188 valence electrons. The third-order valence-electron chi connectivity index (χ3n) is 6.99. The van der Waals surface area contributed by atoms with E-state index in [9.17, 15) is 19.2 Å². The molecule has 2 aliphatic carbocycles. The van der Waals surface area contributed by atoms with Gasteiger partial charge in [0.1, 0.15) is 0 Å². The third-order valence-corrected chi connectivity index (χ3v) is 8.10. The van der Waals surface area contributed by atoms with E-state index >= 15 is 0 Å². The molecule has 0 bridgehead atoms. The number of hydrogen-bond acceptors (Lipinski definition) is 5. The van der Waals surface area contributed by atoms with Gasteiger partial charge in [0.15, 0.2) is 11.6 Å². The first kappa shape index (κ1) is 25.0. The van der Waals surface area contributed by atoms with Crippen LogP contribution in [0.1, 0.15) is 70.9 Å². The first-order valence-electron chi connectivity index (χ1n) is 12.6. The summed E-state index contributed by atoms with van der Waals surface area (Å²) in [5.74, 6) is -0.598. The summed E-state index contributed by atoms with van der Waals surface area (Å²) in [6.07, 6.45) is 5.32. The second-order valence-corrected chi connectivity index (χ2v) is 10.9. The van der Waals surface area contributed by atoms with Crippen LogP contribution in [-0.2, 0) is 9.59 Å². The summed E-state index contributed by atoms with van der Waals surface area (Å²) in [6.45, 7) is 1.79. The van der Waals surface area contributed by atoms with Crippen LogP contribution >= 0.6 is 11.8 Å². The van der Waals surface area contributed by atoms with Gasteiger partial charge in [0.25, 0.3) is 0 Å². The van der Waals surface area contributed by atoms with Gasteiger partial charge in [-0.05, 0) is 50.1 Å². The SMILES string of the molecule is CC(Sc1ccc(NC(=O)C2CCCCC2)cc1)C(=O)Nc1cccc2c1C(=O)c1ccccc1C2=O. The second-order valence-electron chi connectivity index (χ2n) is 9.53. The van der Waals surface area contributed by atoms with E-state index < -0.39 is 5.25 Å². The van der Waals surface area contributed by atoms with Crippen molar-refractivity contribution in [3.05, 3.63) is 89.0 Å². The van der Waals surface area contributed by atoms with Gasteiger partial charge in [-0.1, -0.05) is 55.7 Å². The summed E-state index contributed by atoms with van der Waals surface area (Å²) >= 11 is 1.38. The largest absolute Gasteiger partial charge is 0.326 e. The number of benzene rings is 3. The molecule has 1 saturated carbocycles. The molecule has 3 aromatic rings. The minimum atomic E-state index is -0.458. The molecule has 2 N–H and O–H groups in total. The zero-order valence-corrected chi connectivity index (χ0v) is 21.4. The molecular formula is C30H28N2O4S. The predicted molar refractivity (Wildman–Crippen MR) is 145 cm³/mol. The van der Waals surface area contributed by atoms with E-state index in [2.05, 4.69) is 10.6 Å². The lowest BCUT2D eigenvalue weighted by Gasteiger charge is -2.21. The number of anilines is 2. The first-order chi connectivity index (χ1) is 17.9. The topological polar surface area (TPSA) is 92.3 Å². The molecule has 37 heavy (non-hydrogen) atoms. The fraction of sp³-hybridized carbons (Fsp3) is 0.267. The molecule has 0 saturated heterocycles. The van der Waals surface area contributed by atoms with Crippen molar-refractivity contribution in [3.63, 3.8) is 0 Å². The molecule has 1 unspecified atom stereocenters. The van der Waals surface area contributed by atoms with Crippen molar-refractivity contribution in [3.8, 4) is 0 Å². The number of carbonyl (C=O) groups is 4. The lowest BCUT2D eigenvalue weighted by Crippen LogP contribution is -2.27. The van der Waals surface area contributed by atoms with Gasteiger partial charge in [0.05, 0.1) is 16.5 Å². The smallest absolute Gasteiger partial charge is 0.237 e. The van der Waals surface area contributed by atoms with E-state index in [-0.39, 0.29) is 34.9 Å². The molecule has 5 rings (SSSR count). The average Bonchev–Trinajstić information content (AvgIpc) is 2.93. The van der Waals surface area contributed by atoms with Gasteiger partial charge in [-0.2, -0.15) is 0 Å². The van der Waals surface area contributed by atoms with Gasteiger partial charge in [-0.25, -0.2) is 0 Å². The van der Waals surface area contributed by atoms with Gasteiger partial charge in [-0.3, -0.25) is 19.2 Å². The number of carbonyl (C=O) groups excluding carboxylic acids is 4. The van der Waals surface area contributed by atoms with E-state index in [4.69, 9.17) is 0 Å². The quantitative estimate of drug-likeness (QED) is 0.305. The van der Waals surface area contributed by atoms with Crippen LogP contribution in [0.5, 0.6) is 0 Å². The highest BCUT2D eigenvalue weighted by Crippen LogP contribution is 2.33. The number of amides is 2. The van der Waals surface area contributed by atoms with E-state index in [1.807, 2.05) is 24.3 Å². The normalized spacial score (nSPS) is 15.9. The van der Waals surface area contributed by atoms with Gasteiger partial charge in [-0.15, -0.1) is 11.8 Å². The highest BCUT2D eigenvalue weighted by molar-refractivity contribution is 8.00. The van der Waals surface area contributed by atoms with E-state index in [1.54, 1.807) is 49.4 Å². The number of fused-ring (bicyclic) bond motifs is 2. The highest BCUT2D eigenvalue weighted by Gasteiger charge is 2.32. The Labute approximate surface area is 220 Å². The minimum Gasteiger partial charge on any atom is -0.326 e. The summed E-state index contributed by atoms with van der Waals surface area (Å²) in [4.78, 5) is 52.6. The molecule has 1 fully saturated rings. The van der Waals surface area contributed by atoms with E-state index in [1.165, 1.54) is 18.2 Å². The van der Waals surface area contributed by atoms with Crippen molar-refractivity contribution < 1.29 is 19.2 Å². The molecule has 0 aromatic heterocycles. The summed E-state index contributed by atoms with van der Waals surface area (Å²) < 4.78 is 0. The summed E-state index contributed by atoms with van der Waals surface area (Å²) in [7, 11) is 0. The standard InChI is InChI=1S/C30H28N2O4S/c1-18(37-21-16-14-20(15-17-21)31-30(36)19-8-3-2-4-9-19)29(35)32-25-13-7-12-24-26(25)28(34)23-11-6-5-10-22(23)27(24)33/h5-7,10-19H,2-4,8-9H2,1H3,(H,31,36)(H,32,35). The van der Waals surface area contributed by atoms with Gasteiger partial charge >= 0.3 is 0 Å². The van der Waals surface area contributed by atoms with Gasteiger partial charge in [0, 0.05) is 33.2 Å². The molecule has 3 aromatic carbocycles. The maximum Gasteiger partial charge on any atom is 0.237 e. The molecular weight excluding hydrogens is 484 g/mol. The van der Waals surface area contributed by atoms with Crippen molar-refractivity contribution in [2.45, 2.75) is 49.2 Å². The van der Waals surface area contributed by atoms with Crippen LogP contribution in [0.2, 0.25) is 0 Å². The van der Waals surface area contributed by atoms with Crippen LogP contribution in [0.4, 0.5) is 11.4 Å². The van der Waals surface area contributed by atoms with Crippen LogP contribution in [0.15, 0.2) is 71.6 Å². The molecule has 6 nitrogen and oxygen atoms in total. The van der Waals surface area contributed by atoms with Crippen LogP contribution in [0, 0.1) is 5.92 Å². The van der Waals surface area contributed by atoms with Crippen molar-refractivity contribution in [2.24, 2.45) is 5.92 Å². The Morgan fingerprint density at radius 1 is 0.784 bits per heavy atom. The summed E-state index contributed by atoms with van der Waals surface area (Å²) in [5.41, 5.74) is 2.34. The predicted octanol–water partition coefficient (Wildman–Crippen LogP) is 6.10. The molecule has 0 aliphatic heterocycles. The molecule has 1 atom stereocenters. The Bertz CT molecular complexity index is 1380. The number of ketones is 2. The first-order valence-corrected chi connectivity index (χ1v) is 13.5. The number of hydrogen-bond donors (Lipinski definition) is 2. The van der Waals surface area contributed by atoms with Crippen molar-refractivity contribution in [1.82, 2.24) is 0 Å². The Kier molecular flexibility index (Phi) is 7.24. The second kappa shape index (κ2) is 10.7. The third kappa shape index (κ3) is 5.23. The van der Waals surface area contributed by atoms with Crippen LogP contribution in [0.3, 0.4) is 0 Å². The molecule has 2 aliphatic rings. The Morgan fingerprint density at radius 3 is 2.14 bits per heavy atom. The molecule has 0 radical (unpaired) electrons. The fourth-order valence-electron chi connectivity index (χ4n) is 4.97. The lowest BCUT2D eigenvalue weighted by atomic mass is 9.83. The molecule has 0 spiro atoms. The Balaban J connectivity index is 1.24. The maximum absolute atomic E-state index is 13.2. The number of thioether (sulfide) groups is 1. The molecule has 2 amide bonds. The van der Waals surface area contributed by atoms with E-state index in [0.29, 0.717) is 22.4 Å². The van der Waals surface area contributed by atoms with Crippen LogP contribution in [-0.4, -0.2) is 28.6 Å². The van der Waals surface area contributed by atoms with Crippen molar-refractivity contribution in [1.29, 1.82) is 0 Å². The molecule has 7 heteroatoms.